The van der Waals surface area contributed by atoms with Gasteiger partial charge in [0.05, 0.1) is 11.7 Å². The molecule has 0 amide bonds. The number of halogens is 1. The van der Waals surface area contributed by atoms with Crippen molar-refractivity contribution in [3.8, 4) is 0 Å². The van der Waals surface area contributed by atoms with E-state index in [4.69, 9.17) is 5.84 Å². The third kappa shape index (κ3) is 2.14. The Morgan fingerprint density at radius 3 is 2.61 bits per heavy atom. The van der Waals surface area contributed by atoms with Gasteiger partial charge in [-0.1, -0.05) is 6.07 Å². The molecule has 1 aromatic heterocycles. The predicted octanol–water partition coefficient (Wildman–Crippen LogP) is 1.73. The first-order valence-corrected chi connectivity index (χ1v) is 5.75. The molecule has 1 aromatic carbocycles. The second kappa shape index (κ2) is 4.88. The first-order valence-electron chi connectivity index (χ1n) is 5.75. The fourth-order valence-corrected chi connectivity index (χ4v) is 2.28. The maximum atomic E-state index is 14.1. The molecule has 3 N–H and O–H groups in total. The summed E-state index contributed by atoms with van der Waals surface area (Å²) in [7, 11) is 1.81. The van der Waals surface area contributed by atoms with E-state index in [1.807, 2.05) is 26.0 Å². The van der Waals surface area contributed by atoms with Crippen molar-refractivity contribution < 1.29 is 4.39 Å². The lowest BCUT2D eigenvalue weighted by atomic mass is 9.96. The molecule has 0 radical (unpaired) electrons. The standard InChI is InChI=1S/C13H17FN4/c1-8-6-9(2)12(10(14)7-8)13(17-15)11-4-5-16-18(11)3/h4-7,13,17H,15H2,1-3H3. The third-order valence-corrected chi connectivity index (χ3v) is 3.09. The smallest absolute Gasteiger partial charge is 0.128 e. The highest BCUT2D eigenvalue weighted by Crippen LogP contribution is 2.27. The average Bonchev–Trinajstić information content (AvgIpc) is 2.69. The number of nitrogens with one attached hydrogen (secondary N) is 1. The molecule has 2 rings (SSSR count). The van der Waals surface area contributed by atoms with Gasteiger partial charge < -0.3 is 0 Å². The van der Waals surface area contributed by atoms with Crippen molar-refractivity contribution in [2.45, 2.75) is 19.9 Å². The Hall–Kier alpha value is -1.72. The summed E-state index contributed by atoms with van der Waals surface area (Å²) in [5.41, 5.74) is 5.82. The molecule has 0 spiro atoms. The van der Waals surface area contributed by atoms with Crippen molar-refractivity contribution in [2.75, 3.05) is 0 Å². The minimum absolute atomic E-state index is 0.253. The number of aromatic nitrogens is 2. The van der Waals surface area contributed by atoms with Gasteiger partial charge in [-0.3, -0.25) is 10.5 Å². The van der Waals surface area contributed by atoms with Crippen LogP contribution in [-0.4, -0.2) is 9.78 Å². The summed E-state index contributed by atoms with van der Waals surface area (Å²) in [6, 6.07) is 4.88. The van der Waals surface area contributed by atoms with Crippen molar-refractivity contribution in [2.24, 2.45) is 12.9 Å². The maximum Gasteiger partial charge on any atom is 0.128 e. The van der Waals surface area contributed by atoms with E-state index >= 15 is 0 Å². The first kappa shape index (κ1) is 12.7. The van der Waals surface area contributed by atoms with Crippen LogP contribution in [0.1, 0.15) is 28.4 Å². The monoisotopic (exact) mass is 248 g/mol. The Labute approximate surface area is 106 Å². The van der Waals surface area contributed by atoms with Gasteiger partial charge in [0.1, 0.15) is 5.82 Å². The van der Waals surface area contributed by atoms with Gasteiger partial charge in [0.25, 0.3) is 0 Å². The largest absolute Gasteiger partial charge is 0.271 e. The Kier molecular flexibility index (Phi) is 3.45. The summed E-state index contributed by atoms with van der Waals surface area (Å²) in [5.74, 6) is 5.33. The number of hydrogen-bond acceptors (Lipinski definition) is 3. The van der Waals surface area contributed by atoms with Gasteiger partial charge in [-0.2, -0.15) is 5.10 Å². The molecule has 2 aromatic rings. The van der Waals surface area contributed by atoms with Gasteiger partial charge >= 0.3 is 0 Å². The van der Waals surface area contributed by atoms with Gasteiger partial charge in [-0.05, 0) is 37.1 Å². The first-order chi connectivity index (χ1) is 8.54. The van der Waals surface area contributed by atoms with E-state index in [0.29, 0.717) is 5.56 Å². The number of hydrogen-bond donors (Lipinski definition) is 2. The second-order valence-corrected chi connectivity index (χ2v) is 4.46. The molecule has 1 unspecified atom stereocenters. The average molecular weight is 248 g/mol. The van der Waals surface area contributed by atoms with Crippen LogP contribution < -0.4 is 11.3 Å². The minimum Gasteiger partial charge on any atom is -0.271 e. The van der Waals surface area contributed by atoms with Crippen LogP contribution in [0.5, 0.6) is 0 Å². The quantitative estimate of drug-likeness (QED) is 0.642. The van der Waals surface area contributed by atoms with Gasteiger partial charge in [-0.15, -0.1) is 0 Å². The number of nitrogens with zero attached hydrogens (tertiary/aromatic N) is 2. The Balaban J connectivity index is 2.56. The molecule has 1 heterocycles. The Bertz CT molecular complexity index is 539. The highest BCUT2D eigenvalue weighted by Gasteiger charge is 2.21. The number of aryl methyl sites for hydroxylation is 3. The zero-order valence-corrected chi connectivity index (χ0v) is 10.7. The molecule has 4 nitrogen and oxygen atoms in total. The van der Waals surface area contributed by atoms with Gasteiger partial charge in [0, 0.05) is 18.8 Å². The molecule has 0 saturated heterocycles. The van der Waals surface area contributed by atoms with Crippen molar-refractivity contribution in [3.63, 3.8) is 0 Å². The van der Waals surface area contributed by atoms with E-state index in [1.165, 1.54) is 6.07 Å². The molecular weight excluding hydrogens is 231 g/mol. The molecule has 96 valence electrons. The van der Waals surface area contributed by atoms with Crippen molar-refractivity contribution in [1.29, 1.82) is 0 Å². The molecule has 0 aliphatic heterocycles. The summed E-state index contributed by atoms with van der Waals surface area (Å²) < 4.78 is 15.8. The fraction of sp³-hybridized carbons (Fsp3) is 0.308. The van der Waals surface area contributed by atoms with E-state index in [1.54, 1.807) is 17.9 Å². The maximum absolute atomic E-state index is 14.1. The van der Waals surface area contributed by atoms with Crippen LogP contribution in [0.25, 0.3) is 0 Å². The minimum atomic E-state index is -0.405. The zero-order chi connectivity index (χ0) is 13.3. The van der Waals surface area contributed by atoms with Crippen LogP contribution >= 0.6 is 0 Å². The normalized spacial score (nSPS) is 12.7. The summed E-state index contributed by atoms with van der Waals surface area (Å²) in [4.78, 5) is 0. The molecule has 5 heteroatoms. The third-order valence-electron chi connectivity index (χ3n) is 3.09. The molecule has 1 atom stereocenters. The van der Waals surface area contributed by atoms with E-state index in [2.05, 4.69) is 10.5 Å². The van der Waals surface area contributed by atoms with E-state index in [9.17, 15) is 4.39 Å². The molecule has 0 aliphatic rings. The van der Waals surface area contributed by atoms with Crippen LogP contribution in [0.2, 0.25) is 0 Å². The van der Waals surface area contributed by atoms with E-state index in [0.717, 1.165) is 16.8 Å². The lowest BCUT2D eigenvalue weighted by Gasteiger charge is -2.20. The molecule has 0 bridgehead atoms. The highest BCUT2D eigenvalue weighted by molar-refractivity contribution is 5.38. The van der Waals surface area contributed by atoms with Crippen molar-refractivity contribution in [1.82, 2.24) is 15.2 Å². The topological polar surface area (TPSA) is 55.9 Å². The van der Waals surface area contributed by atoms with Gasteiger partial charge in [-0.25, -0.2) is 9.82 Å². The van der Waals surface area contributed by atoms with Crippen LogP contribution in [0.15, 0.2) is 24.4 Å². The summed E-state index contributed by atoms with van der Waals surface area (Å²) in [5, 5.41) is 4.09. The van der Waals surface area contributed by atoms with Crippen molar-refractivity contribution in [3.05, 3.63) is 52.6 Å². The lowest BCUT2D eigenvalue weighted by molar-refractivity contribution is 0.529. The van der Waals surface area contributed by atoms with E-state index in [-0.39, 0.29) is 5.82 Å². The molecule has 18 heavy (non-hydrogen) atoms. The van der Waals surface area contributed by atoms with Gasteiger partial charge in [0.2, 0.25) is 0 Å². The molecular formula is C13H17FN4. The second-order valence-electron chi connectivity index (χ2n) is 4.46. The van der Waals surface area contributed by atoms with Gasteiger partial charge in [0.15, 0.2) is 0 Å². The van der Waals surface area contributed by atoms with Crippen molar-refractivity contribution >= 4 is 0 Å². The number of hydrazine groups is 1. The lowest BCUT2D eigenvalue weighted by Crippen LogP contribution is -2.31. The van der Waals surface area contributed by atoms with Crippen LogP contribution in [0.3, 0.4) is 0 Å². The van der Waals surface area contributed by atoms with Crippen LogP contribution in [0.4, 0.5) is 4.39 Å². The molecule has 0 aliphatic carbocycles. The SMILES string of the molecule is Cc1cc(C)c(C(NN)c2ccnn2C)c(F)c1. The zero-order valence-electron chi connectivity index (χ0n) is 10.7. The molecule has 0 saturated carbocycles. The number of nitrogens with two attached hydrogens (primary N) is 1. The number of benzene rings is 1. The highest BCUT2D eigenvalue weighted by atomic mass is 19.1. The fourth-order valence-electron chi connectivity index (χ4n) is 2.28. The summed E-state index contributed by atoms with van der Waals surface area (Å²) in [6.45, 7) is 3.75. The van der Waals surface area contributed by atoms with Crippen LogP contribution in [0, 0.1) is 19.7 Å². The summed E-state index contributed by atoms with van der Waals surface area (Å²) in [6.07, 6.45) is 1.67. The van der Waals surface area contributed by atoms with E-state index < -0.39 is 6.04 Å². The Morgan fingerprint density at radius 2 is 2.11 bits per heavy atom. The molecule has 0 fully saturated rings. The predicted molar refractivity (Wildman–Crippen MR) is 68.2 cm³/mol. The van der Waals surface area contributed by atoms with Crippen LogP contribution in [-0.2, 0) is 7.05 Å². The number of rotatable bonds is 3. The Morgan fingerprint density at radius 1 is 1.39 bits per heavy atom. The summed E-state index contributed by atoms with van der Waals surface area (Å²) >= 11 is 0.